The normalized spacial score (nSPS) is 31.4. The minimum absolute atomic E-state index is 0.135. The van der Waals surface area contributed by atoms with Crippen molar-refractivity contribution in [2.45, 2.75) is 76.9 Å². The Morgan fingerprint density at radius 3 is 2.58 bits per heavy atom. The van der Waals surface area contributed by atoms with Crippen LogP contribution in [0.1, 0.15) is 63.4 Å². The summed E-state index contributed by atoms with van der Waals surface area (Å²) in [4.78, 5) is 30.2. The summed E-state index contributed by atoms with van der Waals surface area (Å²) in [7, 11) is 0. The Kier molecular flexibility index (Phi) is 5.45. The molecule has 4 fully saturated rings. The number of hydrogen-bond acceptors (Lipinski definition) is 4. The molecule has 2 aliphatic heterocycles. The number of rotatable bonds is 4. The molecular formula is C25H35N3O3. The number of likely N-dealkylation sites (tertiary alicyclic amines) is 1. The molecule has 2 amide bonds. The number of benzene rings is 1. The van der Waals surface area contributed by atoms with E-state index in [0.29, 0.717) is 11.9 Å². The van der Waals surface area contributed by atoms with Gasteiger partial charge in [0.25, 0.3) is 0 Å². The van der Waals surface area contributed by atoms with Gasteiger partial charge in [-0.3, -0.25) is 9.59 Å². The molecule has 6 heteroatoms. The standard InChI is InChI=1S/C25H35N3O3/c1-17-15-19(26-23(30)18-3-4-18)5-10-22(17)27-13-2-11-25(16-27)12-14-28(24(25)31)20-6-8-21(29)9-7-20/h5,10,15,18,20-21,29H,2-4,6-9,11-14,16H2,1H3,(H,26,30). The lowest BCUT2D eigenvalue weighted by Gasteiger charge is -2.42. The predicted molar refractivity (Wildman–Crippen MR) is 121 cm³/mol. The number of aliphatic hydroxyl groups is 1. The molecule has 0 radical (unpaired) electrons. The molecule has 1 spiro atoms. The fraction of sp³-hybridized carbons (Fsp3) is 0.680. The van der Waals surface area contributed by atoms with Gasteiger partial charge in [0, 0.05) is 43.0 Å². The molecular weight excluding hydrogens is 390 g/mol. The molecule has 2 saturated carbocycles. The Balaban J connectivity index is 1.28. The first-order valence-corrected chi connectivity index (χ1v) is 12.1. The van der Waals surface area contributed by atoms with Gasteiger partial charge in [-0.1, -0.05) is 0 Å². The third kappa shape index (κ3) is 4.07. The molecule has 2 N–H and O–H groups in total. The molecule has 2 heterocycles. The van der Waals surface area contributed by atoms with E-state index in [2.05, 4.69) is 34.2 Å². The minimum atomic E-state index is -0.264. The lowest BCUT2D eigenvalue weighted by Crippen LogP contribution is -2.50. The van der Waals surface area contributed by atoms with Crippen molar-refractivity contribution in [3.8, 4) is 0 Å². The van der Waals surface area contributed by atoms with Crippen molar-refractivity contribution in [3.05, 3.63) is 23.8 Å². The van der Waals surface area contributed by atoms with Gasteiger partial charge >= 0.3 is 0 Å². The van der Waals surface area contributed by atoms with Gasteiger partial charge in [-0.05, 0) is 88.5 Å². The van der Waals surface area contributed by atoms with Gasteiger partial charge < -0.3 is 20.2 Å². The van der Waals surface area contributed by atoms with Crippen LogP contribution >= 0.6 is 0 Å². The molecule has 31 heavy (non-hydrogen) atoms. The Hall–Kier alpha value is -2.08. The zero-order valence-corrected chi connectivity index (χ0v) is 18.6. The molecule has 6 nitrogen and oxygen atoms in total. The molecule has 1 atom stereocenters. The van der Waals surface area contributed by atoms with Crippen molar-refractivity contribution in [2.75, 3.05) is 29.9 Å². The molecule has 1 unspecified atom stereocenters. The topological polar surface area (TPSA) is 72.9 Å². The quantitative estimate of drug-likeness (QED) is 0.775. The number of piperidine rings is 1. The summed E-state index contributed by atoms with van der Waals surface area (Å²) >= 11 is 0. The number of amides is 2. The van der Waals surface area contributed by atoms with E-state index < -0.39 is 0 Å². The second-order valence-corrected chi connectivity index (χ2v) is 10.3. The molecule has 5 rings (SSSR count). The van der Waals surface area contributed by atoms with Crippen LogP contribution in [0.5, 0.6) is 0 Å². The van der Waals surface area contributed by atoms with Crippen LogP contribution in [0, 0.1) is 18.3 Å². The molecule has 1 aromatic rings. The van der Waals surface area contributed by atoms with Crippen LogP contribution in [0.4, 0.5) is 11.4 Å². The number of anilines is 2. The number of aliphatic hydroxyl groups excluding tert-OH is 1. The summed E-state index contributed by atoms with van der Waals surface area (Å²) in [5, 5.41) is 12.9. The fourth-order valence-corrected chi connectivity index (χ4v) is 5.96. The van der Waals surface area contributed by atoms with Crippen molar-refractivity contribution in [1.82, 2.24) is 4.90 Å². The summed E-state index contributed by atoms with van der Waals surface area (Å²) in [5.74, 6) is 0.672. The van der Waals surface area contributed by atoms with E-state index in [0.717, 1.165) is 88.7 Å². The zero-order chi connectivity index (χ0) is 21.6. The van der Waals surface area contributed by atoms with Crippen LogP contribution in [0.3, 0.4) is 0 Å². The number of nitrogens with zero attached hydrogens (tertiary/aromatic N) is 2. The lowest BCUT2D eigenvalue weighted by atomic mass is 9.78. The average Bonchev–Trinajstić information content (AvgIpc) is 3.56. The number of carbonyl (C=O) groups excluding carboxylic acids is 2. The van der Waals surface area contributed by atoms with Gasteiger partial charge in [-0.2, -0.15) is 0 Å². The van der Waals surface area contributed by atoms with Gasteiger partial charge in [0.1, 0.15) is 0 Å². The van der Waals surface area contributed by atoms with E-state index in [9.17, 15) is 14.7 Å². The van der Waals surface area contributed by atoms with Crippen LogP contribution in [0.15, 0.2) is 18.2 Å². The monoisotopic (exact) mass is 425 g/mol. The van der Waals surface area contributed by atoms with Gasteiger partial charge in [0.2, 0.25) is 11.8 Å². The van der Waals surface area contributed by atoms with E-state index in [4.69, 9.17) is 0 Å². The second kappa shape index (κ2) is 8.12. The smallest absolute Gasteiger partial charge is 0.230 e. The van der Waals surface area contributed by atoms with Crippen LogP contribution in [-0.4, -0.2) is 53.6 Å². The largest absolute Gasteiger partial charge is 0.393 e. The van der Waals surface area contributed by atoms with Crippen molar-refractivity contribution < 1.29 is 14.7 Å². The van der Waals surface area contributed by atoms with Crippen LogP contribution in [0.2, 0.25) is 0 Å². The predicted octanol–water partition coefficient (Wildman–Crippen LogP) is 3.47. The van der Waals surface area contributed by atoms with E-state index in [1.54, 1.807) is 0 Å². The second-order valence-electron chi connectivity index (χ2n) is 10.3. The Morgan fingerprint density at radius 1 is 1.10 bits per heavy atom. The lowest BCUT2D eigenvalue weighted by molar-refractivity contribution is -0.139. The van der Waals surface area contributed by atoms with Crippen molar-refractivity contribution in [3.63, 3.8) is 0 Å². The number of hydrogen-bond donors (Lipinski definition) is 2. The Morgan fingerprint density at radius 2 is 1.87 bits per heavy atom. The van der Waals surface area contributed by atoms with Gasteiger partial charge in [-0.25, -0.2) is 0 Å². The first-order valence-electron chi connectivity index (χ1n) is 12.1. The van der Waals surface area contributed by atoms with Gasteiger partial charge in [-0.15, -0.1) is 0 Å². The Labute approximate surface area is 185 Å². The van der Waals surface area contributed by atoms with Crippen molar-refractivity contribution in [2.24, 2.45) is 11.3 Å². The summed E-state index contributed by atoms with van der Waals surface area (Å²) in [6.45, 7) is 4.71. The molecule has 2 saturated heterocycles. The third-order valence-electron chi connectivity index (χ3n) is 7.98. The molecule has 168 valence electrons. The maximum atomic E-state index is 13.6. The summed E-state index contributed by atoms with van der Waals surface area (Å²) in [6.07, 6.45) is 8.26. The number of carbonyl (C=O) groups is 2. The molecule has 1 aromatic carbocycles. The Bertz CT molecular complexity index is 860. The third-order valence-corrected chi connectivity index (χ3v) is 7.98. The van der Waals surface area contributed by atoms with E-state index in [1.165, 1.54) is 5.69 Å². The fourth-order valence-electron chi connectivity index (χ4n) is 5.96. The summed E-state index contributed by atoms with van der Waals surface area (Å²) < 4.78 is 0. The van der Waals surface area contributed by atoms with E-state index >= 15 is 0 Å². The highest BCUT2D eigenvalue weighted by atomic mass is 16.3. The maximum Gasteiger partial charge on any atom is 0.230 e. The molecule has 0 bridgehead atoms. The first-order chi connectivity index (χ1) is 14.9. The minimum Gasteiger partial charge on any atom is -0.393 e. The van der Waals surface area contributed by atoms with E-state index in [-0.39, 0.29) is 23.3 Å². The van der Waals surface area contributed by atoms with Crippen molar-refractivity contribution >= 4 is 23.2 Å². The number of nitrogens with one attached hydrogen (secondary N) is 1. The maximum absolute atomic E-state index is 13.6. The average molecular weight is 426 g/mol. The van der Waals surface area contributed by atoms with Crippen molar-refractivity contribution in [1.29, 1.82) is 0 Å². The highest BCUT2D eigenvalue weighted by molar-refractivity contribution is 5.94. The van der Waals surface area contributed by atoms with Crippen LogP contribution in [-0.2, 0) is 9.59 Å². The summed E-state index contributed by atoms with van der Waals surface area (Å²) in [6, 6.07) is 6.48. The zero-order valence-electron chi connectivity index (χ0n) is 18.6. The van der Waals surface area contributed by atoms with Crippen LogP contribution < -0.4 is 10.2 Å². The first kappa shape index (κ1) is 20.8. The van der Waals surface area contributed by atoms with Gasteiger partial charge in [0.05, 0.1) is 11.5 Å². The van der Waals surface area contributed by atoms with E-state index in [1.807, 2.05) is 6.07 Å². The molecule has 0 aromatic heterocycles. The highest BCUT2D eigenvalue weighted by Crippen LogP contribution is 2.44. The SMILES string of the molecule is Cc1cc(NC(=O)C2CC2)ccc1N1CCCC2(CCN(C3CCC(O)CC3)C2=O)C1. The molecule has 4 aliphatic rings. The summed E-state index contributed by atoms with van der Waals surface area (Å²) in [5.41, 5.74) is 2.93. The van der Waals surface area contributed by atoms with Gasteiger partial charge in [0.15, 0.2) is 0 Å². The number of aryl methyl sites for hydroxylation is 1. The molecule has 2 aliphatic carbocycles. The van der Waals surface area contributed by atoms with Crippen LogP contribution in [0.25, 0.3) is 0 Å². The highest BCUT2D eigenvalue weighted by Gasteiger charge is 2.50.